The minimum absolute atomic E-state index is 0.0131. The van der Waals surface area contributed by atoms with Gasteiger partial charge in [-0.15, -0.1) is 0 Å². The van der Waals surface area contributed by atoms with Gasteiger partial charge in [0.25, 0.3) is 17.9 Å². The van der Waals surface area contributed by atoms with Crippen molar-refractivity contribution >= 4 is 55.3 Å². The molecule has 5 aromatic heterocycles. The van der Waals surface area contributed by atoms with Gasteiger partial charge in [0.2, 0.25) is 15.9 Å². The Bertz CT molecular complexity index is 3230. The molecule has 0 bridgehead atoms. The maximum atomic E-state index is 15.5. The van der Waals surface area contributed by atoms with Crippen LogP contribution in [0.2, 0.25) is 5.02 Å². The number of sulfonamides is 1. The van der Waals surface area contributed by atoms with Gasteiger partial charge in [-0.25, -0.2) is 45.9 Å². The van der Waals surface area contributed by atoms with Crippen molar-refractivity contribution in [3.63, 3.8) is 0 Å². The summed E-state index contributed by atoms with van der Waals surface area (Å²) < 4.78 is 119. The molecule has 15 nitrogen and oxygen atoms in total. The van der Waals surface area contributed by atoms with Crippen molar-refractivity contribution in [3.8, 4) is 17.2 Å². The lowest BCUT2D eigenvalue weighted by atomic mass is 10.0. The zero-order chi connectivity index (χ0) is 45.0. The second-order valence-corrected chi connectivity index (χ2v) is 17.7. The van der Waals surface area contributed by atoms with E-state index in [9.17, 15) is 30.8 Å². The number of hydrogen-bond acceptors (Lipinski definition) is 10. The van der Waals surface area contributed by atoms with E-state index in [1.165, 1.54) is 36.0 Å². The topological polar surface area (TPSA) is 184 Å². The highest BCUT2D eigenvalue weighted by molar-refractivity contribution is 7.92. The molecule has 0 saturated heterocycles. The molecule has 1 saturated carbocycles. The quantitative estimate of drug-likeness (QED) is 0.136. The van der Waals surface area contributed by atoms with E-state index in [0.717, 1.165) is 23.0 Å². The number of rotatable bonds is 11. The molecule has 2 aromatic carbocycles. The maximum absolute atomic E-state index is 15.5. The number of anilines is 1. The highest BCUT2D eigenvalue weighted by Gasteiger charge is 2.67. The number of halogens is 7. The Morgan fingerprint density at radius 2 is 1.68 bits per heavy atom. The van der Waals surface area contributed by atoms with Crippen molar-refractivity contribution in [2.24, 2.45) is 13.0 Å². The van der Waals surface area contributed by atoms with Crippen LogP contribution in [-0.4, -0.2) is 64.6 Å². The Morgan fingerprint density at radius 1 is 0.984 bits per heavy atom. The molecule has 0 spiro atoms. The SMILES string of the molecule is Cc1cc(C)nc(-c2ccc3c(=O)n(-c4ccc(Cl)c5c(NS(C)(=O)=O)nn(C)c45)c([C@H](Cc4cc(F)cc(F)c4)NC(=O)Cn4nc(C(F)F)c5c4C(F)(F)[C@@H]4C[C@H]54)nc3n2)n1. The molecular formula is C40H32ClF6N11O4S. The molecular weight excluding hydrogens is 880 g/mol. The predicted octanol–water partition coefficient (Wildman–Crippen LogP) is 6.49. The van der Waals surface area contributed by atoms with Crippen LogP contribution in [0.5, 0.6) is 0 Å². The third-order valence-corrected chi connectivity index (χ3v) is 11.8. The van der Waals surface area contributed by atoms with Crippen LogP contribution in [0.15, 0.2) is 53.3 Å². The largest absolute Gasteiger partial charge is 0.344 e. The number of fused-ring (bicyclic) bond motifs is 5. The fourth-order valence-electron chi connectivity index (χ4n) is 8.43. The molecule has 5 heterocycles. The van der Waals surface area contributed by atoms with E-state index >= 15 is 13.6 Å². The van der Waals surface area contributed by atoms with Gasteiger partial charge in [-0.2, -0.15) is 19.0 Å². The van der Waals surface area contributed by atoms with E-state index in [1.807, 2.05) is 0 Å². The third-order valence-electron chi connectivity index (χ3n) is 10.9. The number of alkyl halides is 4. The lowest BCUT2D eigenvalue weighted by Crippen LogP contribution is -2.38. The van der Waals surface area contributed by atoms with Crippen LogP contribution in [0, 0.1) is 31.4 Å². The van der Waals surface area contributed by atoms with Gasteiger partial charge in [0, 0.05) is 42.4 Å². The van der Waals surface area contributed by atoms with Gasteiger partial charge in [-0.05, 0) is 74.2 Å². The Kier molecular flexibility index (Phi) is 9.88. The molecule has 63 heavy (non-hydrogen) atoms. The molecule has 7 aromatic rings. The van der Waals surface area contributed by atoms with Crippen molar-refractivity contribution < 1.29 is 39.6 Å². The zero-order valence-electron chi connectivity index (χ0n) is 33.3. The molecule has 1 amide bonds. The average molecular weight is 912 g/mol. The van der Waals surface area contributed by atoms with E-state index in [-0.39, 0.29) is 73.4 Å². The standard InChI is InChI=1S/C40H32ClF6N11O4S/c1-16-9-17(2)49-36(48-16)25-7-5-21-35(51-25)52-38(58(39(21)60)27-8-6-24(41)30-32(27)56(3)54-37(30)55-63(4,61)62)26(12-18-10-19(42)13-20(43)11-18)50-28(59)15-57-33-29(31(53-57)34(44)45)22-14-23(22)40(33,46)47/h5-11,13,22-23,26,34H,12,14-15H2,1-4H3,(H,50,59)(H,54,55)/t22-,23+,26-/m0/s1. The van der Waals surface area contributed by atoms with Crippen LogP contribution in [0.4, 0.5) is 32.2 Å². The van der Waals surface area contributed by atoms with Crippen molar-refractivity contribution in [3.05, 3.63) is 115 Å². The number of pyridine rings is 1. The number of carbonyl (C=O) groups is 1. The van der Waals surface area contributed by atoms with Gasteiger partial charge in [0.15, 0.2) is 17.3 Å². The predicted molar refractivity (Wildman–Crippen MR) is 216 cm³/mol. The van der Waals surface area contributed by atoms with Crippen molar-refractivity contribution in [2.75, 3.05) is 11.0 Å². The summed E-state index contributed by atoms with van der Waals surface area (Å²) in [4.78, 5) is 47.4. The van der Waals surface area contributed by atoms with E-state index in [4.69, 9.17) is 16.6 Å². The van der Waals surface area contributed by atoms with E-state index in [0.29, 0.717) is 22.1 Å². The highest BCUT2D eigenvalue weighted by Crippen LogP contribution is 2.68. The van der Waals surface area contributed by atoms with E-state index in [2.05, 4.69) is 35.2 Å². The molecule has 3 atom stereocenters. The second-order valence-electron chi connectivity index (χ2n) is 15.6. The van der Waals surface area contributed by atoms with Gasteiger partial charge in [0.05, 0.1) is 39.3 Å². The van der Waals surface area contributed by atoms with E-state index < -0.39 is 87.7 Å². The number of aromatic nitrogens is 9. The summed E-state index contributed by atoms with van der Waals surface area (Å²) in [6, 6.07) is 8.36. The number of nitrogens with one attached hydrogen (secondary N) is 2. The molecule has 23 heteroatoms. The minimum Gasteiger partial charge on any atom is -0.344 e. The number of amides is 1. The summed E-state index contributed by atoms with van der Waals surface area (Å²) in [6.07, 6.45) is -2.83. The first-order valence-electron chi connectivity index (χ1n) is 19.1. The highest BCUT2D eigenvalue weighted by atomic mass is 35.5. The van der Waals surface area contributed by atoms with Gasteiger partial charge >= 0.3 is 0 Å². The van der Waals surface area contributed by atoms with Crippen LogP contribution in [0.3, 0.4) is 0 Å². The first-order chi connectivity index (χ1) is 29.7. The first kappa shape index (κ1) is 41.9. The summed E-state index contributed by atoms with van der Waals surface area (Å²) in [6.45, 7) is 2.49. The second kappa shape index (κ2) is 14.9. The lowest BCUT2D eigenvalue weighted by Gasteiger charge is -2.24. The summed E-state index contributed by atoms with van der Waals surface area (Å²) in [5.41, 5.74) is -1.55. The van der Waals surface area contributed by atoms with Crippen molar-refractivity contribution in [2.45, 2.75) is 57.5 Å². The van der Waals surface area contributed by atoms with Crippen molar-refractivity contribution in [1.29, 1.82) is 0 Å². The fraction of sp³-hybridized carbons (Fsp3) is 0.300. The number of hydrogen-bond donors (Lipinski definition) is 2. The van der Waals surface area contributed by atoms with Gasteiger partial charge in [-0.1, -0.05) is 11.6 Å². The van der Waals surface area contributed by atoms with Crippen LogP contribution < -0.4 is 15.6 Å². The smallest absolute Gasteiger partial charge is 0.293 e. The van der Waals surface area contributed by atoms with Crippen LogP contribution in [0.1, 0.15) is 64.5 Å². The van der Waals surface area contributed by atoms with Crippen molar-refractivity contribution in [1.82, 2.24) is 49.4 Å². The van der Waals surface area contributed by atoms with Gasteiger partial charge in [-0.3, -0.25) is 28.2 Å². The fourth-order valence-corrected chi connectivity index (χ4v) is 9.16. The zero-order valence-corrected chi connectivity index (χ0v) is 34.8. The molecule has 1 fully saturated rings. The van der Waals surface area contributed by atoms with E-state index in [1.54, 1.807) is 19.9 Å². The molecule has 0 radical (unpaired) electrons. The van der Waals surface area contributed by atoms with Gasteiger partial charge < -0.3 is 5.32 Å². The molecule has 2 aliphatic rings. The summed E-state index contributed by atoms with van der Waals surface area (Å²) in [5, 5.41) is 10.7. The van der Waals surface area contributed by atoms with Crippen LogP contribution >= 0.6 is 11.6 Å². The van der Waals surface area contributed by atoms with Crippen LogP contribution in [0.25, 0.3) is 39.1 Å². The Labute approximate surface area is 357 Å². The number of benzene rings is 2. The first-order valence-corrected chi connectivity index (χ1v) is 21.4. The minimum atomic E-state index is -3.93. The Hall–Kier alpha value is -6.42. The normalized spacial score (nSPS) is 17.0. The monoisotopic (exact) mass is 911 g/mol. The summed E-state index contributed by atoms with van der Waals surface area (Å²) in [5.74, 6) is -9.02. The number of carbonyl (C=O) groups excluding carboxylic acids is 1. The third kappa shape index (κ3) is 7.43. The summed E-state index contributed by atoms with van der Waals surface area (Å²) in [7, 11) is -2.48. The molecule has 0 unspecified atom stereocenters. The lowest BCUT2D eigenvalue weighted by molar-refractivity contribution is -0.123. The average Bonchev–Trinajstić information content (AvgIpc) is 3.72. The summed E-state index contributed by atoms with van der Waals surface area (Å²) >= 11 is 6.63. The van der Waals surface area contributed by atoms with Crippen LogP contribution in [-0.2, 0) is 40.8 Å². The van der Waals surface area contributed by atoms with Gasteiger partial charge in [0.1, 0.15) is 41.1 Å². The number of nitrogens with zero attached hydrogens (tertiary/aromatic N) is 9. The molecule has 326 valence electrons. The Morgan fingerprint density at radius 3 is 2.35 bits per heavy atom. The Balaban J connectivity index is 1.26. The molecule has 2 N–H and O–H groups in total. The molecule has 9 rings (SSSR count). The molecule has 2 aliphatic carbocycles. The maximum Gasteiger partial charge on any atom is 0.293 e. The molecule has 0 aliphatic heterocycles. The number of aryl methyl sites for hydroxylation is 3.